The van der Waals surface area contributed by atoms with Crippen LogP contribution in [0, 0.1) is 11.8 Å². The Morgan fingerprint density at radius 2 is 2.23 bits per heavy atom. The lowest BCUT2D eigenvalue weighted by Crippen LogP contribution is -2.23. The first-order valence-corrected chi connectivity index (χ1v) is 5.10. The molecular weight excluding hydrogens is 164 g/mol. The summed E-state index contributed by atoms with van der Waals surface area (Å²) in [6, 6.07) is 0. The molecule has 0 aromatic heterocycles. The first-order valence-electron chi connectivity index (χ1n) is 5.10. The maximum Gasteiger partial charge on any atom is 0.133 e. The van der Waals surface area contributed by atoms with E-state index >= 15 is 0 Å². The van der Waals surface area contributed by atoms with Crippen LogP contribution in [0.3, 0.4) is 0 Å². The summed E-state index contributed by atoms with van der Waals surface area (Å²) in [5.41, 5.74) is 0. The van der Waals surface area contributed by atoms with E-state index in [0.29, 0.717) is 30.5 Å². The fourth-order valence-electron chi connectivity index (χ4n) is 2.00. The fraction of sp³-hybridized carbons (Fsp3) is 0.818. The first-order chi connectivity index (χ1) is 6.09. The van der Waals surface area contributed by atoms with Crippen molar-refractivity contribution in [3.8, 4) is 0 Å². The minimum absolute atomic E-state index is 0.241. The molecular formula is C11H18O2. The van der Waals surface area contributed by atoms with Gasteiger partial charge in [0, 0.05) is 19.3 Å². The van der Waals surface area contributed by atoms with Crippen molar-refractivity contribution in [1.82, 2.24) is 0 Å². The molecule has 0 aliphatic heterocycles. The number of carbonyl (C=O) groups is 2. The van der Waals surface area contributed by atoms with Crippen LogP contribution in [0.5, 0.6) is 0 Å². The van der Waals surface area contributed by atoms with Gasteiger partial charge in [-0.1, -0.05) is 6.92 Å². The fourth-order valence-corrected chi connectivity index (χ4v) is 2.00. The van der Waals surface area contributed by atoms with Crippen molar-refractivity contribution in [1.29, 1.82) is 0 Å². The van der Waals surface area contributed by atoms with E-state index in [9.17, 15) is 9.59 Å². The number of carbonyl (C=O) groups excluding carboxylic acids is 2. The van der Waals surface area contributed by atoms with Gasteiger partial charge < -0.3 is 4.79 Å². The molecule has 0 spiro atoms. The summed E-state index contributed by atoms with van der Waals surface area (Å²) < 4.78 is 0. The average molecular weight is 182 g/mol. The third-order valence-corrected chi connectivity index (χ3v) is 3.04. The summed E-state index contributed by atoms with van der Waals surface area (Å²) in [5.74, 6) is 1.71. The summed E-state index contributed by atoms with van der Waals surface area (Å²) in [7, 11) is 0. The zero-order valence-corrected chi connectivity index (χ0v) is 8.51. The molecule has 0 saturated heterocycles. The summed E-state index contributed by atoms with van der Waals surface area (Å²) in [4.78, 5) is 22.0. The van der Waals surface area contributed by atoms with Gasteiger partial charge in [0.05, 0.1) is 0 Å². The maximum absolute atomic E-state index is 11.2. The number of ketones is 2. The monoisotopic (exact) mass is 182 g/mol. The molecule has 2 nitrogen and oxygen atoms in total. The van der Waals surface area contributed by atoms with E-state index in [0.717, 1.165) is 19.3 Å². The highest BCUT2D eigenvalue weighted by Gasteiger charge is 2.25. The Morgan fingerprint density at radius 1 is 1.54 bits per heavy atom. The molecule has 0 radical (unpaired) electrons. The number of rotatable bonds is 3. The van der Waals surface area contributed by atoms with E-state index in [2.05, 4.69) is 6.92 Å². The quantitative estimate of drug-likeness (QED) is 0.671. The second-order valence-electron chi connectivity index (χ2n) is 4.26. The van der Waals surface area contributed by atoms with Gasteiger partial charge in [0.15, 0.2) is 0 Å². The summed E-state index contributed by atoms with van der Waals surface area (Å²) in [6.45, 7) is 3.81. The number of hydrogen-bond donors (Lipinski definition) is 0. The Hall–Kier alpha value is -0.660. The van der Waals surface area contributed by atoms with Crippen LogP contribution in [0.25, 0.3) is 0 Å². The van der Waals surface area contributed by atoms with Gasteiger partial charge in [-0.05, 0) is 31.6 Å². The molecule has 1 saturated carbocycles. The van der Waals surface area contributed by atoms with Gasteiger partial charge in [0.2, 0.25) is 0 Å². The van der Waals surface area contributed by atoms with E-state index in [1.54, 1.807) is 6.92 Å². The lowest BCUT2D eigenvalue weighted by atomic mass is 9.77. The Balaban J connectivity index is 2.37. The number of hydrogen-bond acceptors (Lipinski definition) is 2. The zero-order valence-electron chi connectivity index (χ0n) is 8.51. The van der Waals surface area contributed by atoms with Crippen molar-refractivity contribution in [3.05, 3.63) is 0 Å². The SMILES string of the molecule is CC(=O)CC[C@H]1CC(=O)CCC1C. The maximum atomic E-state index is 11.2. The third-order valence-electron chi connectivity index (χ3n) is 3.04. The van der Waals surface area contributed by atoms with E-state index in [1.807, 2.05) is 0 Å². The van der Waals surface area contributed by atoms with Gasteiger partial charge in [0.25, 0.3) is 0 Å². The zero-order chi connectivity index (χ0) is 9.84. The average Bonchev–Trinajstić information content (AvgIpc) is 2.06. The van der Waals surface area contributed by atoms with Gasteiger partial charge in [-0.15, -0.1) is 0 Å². The predicted molar refractivity (Wildman–Crippen MR) is 51.4 cm³/mol. The van der Waals surface area contributed by atoms with Crippen molar-refractivity contribution in [3.63, 3.8) is 0 Å². The lowest BCUT2D eigenvalue weighted by molar-refractivity contribution is -0.123. The molecule has 1 unspecified atom stereocenters. The smallest absolute Gasteiger partial charge is 0.133 e. The highest BCUT2D eigenvalue weighted by atomic mass is 16.1. The van der Waals surface area contributed by atoms with Crippen LogP contribution in [0.2, 0.25) is 0 Å². The van der Waals surface area contributed by atoms with Crippen LogP contribution >= 0.6 is 0 Å². The van der Waals surface area contributed by atoms with Gasteiger partial charge in [0.1, 0.15) is 11.6 Å². The minimum Gasteiger partial charge on any atom is -0.300 e. The van der Waals surface area contributed by atoms with E-state index < -0.39 is 0 Å². The Labute approximate surface area is 79.7 Å². The summed E-state index contributed by atoms with van der Waals surface area (Å²) in [6.07, 6.45) is 4.01. The molecule has 13 heavy (non-hydrogen) atoms. The highest BCUT2D eigenvalue weighted by molar-refractivity contribution is 5.79. The minimum atomic E-state index is 0.241. The third kappa shape index (κ3) is 3.29. The normalized spacial score (nSPS) is 28.9. The highest BCUT2D eigenvalue weighted by Crippen LogP contribution is 2.30. The van der Waals surface area contributed by atoms with E-state index in [1.165, 1.54) is 0 Å². The molecule has 2 heteroatoms. The van der Waals surface area contributed by atoms with Crippen LogP contribution in [0.15, 0.2) is 0 Å². The Morgan fingerprint density at radius 3 is 2.85 bits per heavy atom. The van der Waals surface area contributed by atoms with Crippen LogP contribution in [-0.4, -0.2) is 11.6 Å². The molecule has 74 valence electrons. The Kier molecular flexibility index (Phi) is 3.64. The van der Waals surface area contributed by atoms with Gasteiger partial charge >= 0.3 is 0 Å². The molecule has 1 rings (SSSR count). The van der Waals surface area contributed by atoms with Crippen molar-refractivity contribution in [2.24, 2.45) is 11.8 Å². The standard InChI is InChI=1S/C11H18O2/c1-8-3-6-11(13)7-10(8)5-4-9(2)12/h8,10H,3-7H2,1-2H3/t8?,10-/m0/s1. The van der Waals surface area contributed by atoms with Crippen LogP contribution in [-0.2, 0) is 9.59 Å². The van der Waals surface area contributed by atoms with Gasteiger partial charge in [-0.3, -0.25) is 4.79 Å². The molecule has 0 N–H and O–H groups in total. The van der Waals surface area contributed by atoms with E-state index in [-0.39, 0.29) is 5.78 Å². The molecule has 1 fully saturated rings. The lowest BCUT2D eigenvalue weighted by Gasteiger charge is -2.27. The van der Waals surface area contributed by atoms with Crippen molar-refractivity contribution >= 4 is 11.6 Å². The molecule has 0 bridgehead atoms. The summed E-state index contributed by atoms with van der Waals surface area (Å²) >= 11 is 0. The largest absolute Gasteiger partial charge is 0.300 e. The molecule has 1 aliphatic rings. The molecule has 2 atom stereocenters. The molecule has 0 amide bonds. The van der Waals surface area contributed by atoms with Gasteiger partial charge in [-0.25, -0.2) is 0 Å². The van der Waals surface area contributed by atoms with E-state index in [4.69, 9.17) is 0 Å². The van der Waals surface area contributed by atoms with Crippen LogP contribution in [0.4, 0.5) is 0 Å². The molecule has 0 aromatic rings. The second-order valence-corrected chi connectivity index (χ2v) is 4.26. The first kappa shape index (κ1) is 10.4. The second kappa shape index (κ2) is 4.54. The Bertz CT molecular complexity index is 208. The van der Waals surface area contributed by atoms with Crippen LogP contribution < -0.4 is 0 Å². The topological polar surface area (TPSA) is 34.1 Å². The molecule has 1 aliphatic carbocycles. The summed E-state index contributed by atoms with van der Waals surface area (Å²) in [5, 5.41) is 0. The molecule has 0 heterocycles. The predicted octanol–water partition coefficient (Wildman–Crippen LogP) is 2.36. The van der Waals surface area contributed by atoms with Crippen molar-refractivity contribution < 1.29 is 9.59 Å². The van der Waals surface area contributed by atoms with Crippen LogP contribution in [0.1, 0.15) is 46.0 Å². The van der Waals surface area contributed by atoms with Crippen molar-refractivity contribution in [2.75, 3.05) is 0 Å². The van der Waals surface area contributed by atoms with Gasteiger partial charge in [-0.2, -0.15) is 0 Å². The number of Topliss-reactive ketones (excluding diaryl/α,β-unsaturated/α-hetero) is 2. The van der Waals surface area contributed by atoms with Crippen molar-refractivity contribution in [2.45, 2.75) is 46.0 Å². The molecule has 0 aromatic carbocycles.